The highest BCUT2D eigenvalue weighted by atomic mass is 35.5. The van der Waals surface area contributed by atoms with E-state index < -0.39 is 6.10 Å². The van der Waals surface area contributed by atoms with Crippen molar-refractivity contribution in [2.75, 3.05) is 0 Å². The Morgan fingerprint density at radius 2 is 1.83 bits per heavy atom. The Balaban J connectivity index is 2.37. The molecule has 0 spiro atoms. The molecule has 0 saturated heterocycles. The topological polar surface area (TPSA) is 29.5 Å². The number of rotatable bonds is 3. The molecule has 0 radical (unpaired) electrons. The molecule has 18 heavy (non-hydrogen) atoms. The minimum atomic E-state index is -0.579. The molecule has 0 heterocycles. The van der Waals surface area contributed by atoms with Crippen LogP contribution >= 0.6 is 11.6 Å². The third kappa shape index (κ3) is 2.84. The molecule has 0 fully saturated rings. The van der Waals surface area contributed by atoms with E-state index in [1.165, 1.54) is 0 Å². The van der Waals surface area contributed by atoms with Crippen molar-refractivity contribution in [1.82, 2.24) is 0 Å². The molecule has 3 heteroatoms. The van der Waals surface area contributed by atoms with Gasteiger partial charge in [-0.25, -0.2) is 0 Å². The SMILES string of the molecule is Cc1ccc(Cl)c(Oc2ccccc2C(C)O)c1. The van der Waals surface area contributed by atoms with Gasteiger partial charge in [0.25, 0.3) is 0 Å². The minimum absolute atomic E-state index is 0.556. The molecular weight excluding hydrogens is 248 g/mol. The number of halogens is 1. The normalized spacial score (nSPS) is 12.2. The van der Waals surface area contributed by atoms with E-state index in [0.717, 1.165) is 11.1 Å². The molecule has 0 aliphatic carbocycles. The molecular formula is C15H15ClO2. The van der Waals surface area contributed by atoms with Gasteiger partial charge in [-0.15, -0.1) is 0 Å². The summed E-state index contributed by atoms with van der Waals surface area (Å²) in [7, 11) is 0. The second-order valence-electron chi connectivity index (χ2n) is 4.25. The highest BCUT2D eigenvalue weighted by Gasteiger charge is 2.10. The number of ether oxygens (including phenoxy) is 1. The molecule has 0 aliphatic heterocycles. The fourth-order valence-electron chi connectivity index (χ4n) is 1.73. The molecule has 2 rings (SSSR count). The molecule has 0 aromatic heterocycles. The lowest BCUT2D eigenvalue weighted by Crippen LogP contribution is -1.96. The van der Waals surface area contributed by atoms with Crippen LogP contribution in [0.2, 0.25) is 5.02 Å². The van der Waals surface area contributed by atoms with Gasteiger partial charge >= 0.3 is 0 Å². The first-order valence-electron chi connectivity index (χ1n) is 5.79. The average Bonchev–Trinajstić information content (AvgIpc) is 2.34. The van der Waals surface area contributed by atoms with Crippen molar-refractivity contribution in [3.8, 4) is 11.5 Å². The smallest absolute Gasteiger partial charge is 0.146 e. The Morgan fingerprint density at radius 1 is 1.11 bits per heavy atom. The standard InChI is InChI=1S/C15H15ClO2/c1-10-7-8-13(16)15(9-10)18-14-6-4-3-5-12(14)11(2)17/h3-9,11,17H,1-2H3. The third-order valence-corrected chi connectivity index (χ3v) is 2.99. The van der Waals surface area contributed by atoms with E-state index in [2.05, 4.69) is 0 Å². The predicted molar refractivity (Wildman–Crippen MR) is 73.3 cm³/mol. The number of hydrogen-bond donors (Lipinski definition) is 1. The van der Waals surface area contributed by atoms with Gasteiger partial charge in [-0.1, -0.05) is 35.9 Å². The number of aliphatic hydroxyl groups is 1. The highest BCUT2D eigenvalue weighted by molar-refractivity contribution is 6.32. The summed E-state index contributed by atoms with van der Waals surface area (Å²) in [5.41, 5.74) is 1.82. The van der Waals surface area contributed by atoms with Gasteiger partial charge in [-0.2, -0.15) is 0 Å². The van der Waals surface area contributed by atoms with E-state index in [0.29, 0.717) is 16.5 Å². The van der Waals surface area contributed by atoms with Crippen molar-refractivity contribution in [1.29, 1.82) is 0 Å². The zero-order valence-corrected chi connectivity index (χ0v) is 11.1. The van der Waals surface area contributed by atoms with Crippen LogP contribution in [-0.4, -0.2) is 5.11 Å². The molecule has 0 aliphatic rings. The maximum absolute atomic E-state index is 9.69. The van der Waals surface area contributed by atoms with Crippen LogP contribution in [0.1, 0.15) is 24.2 Å². The fourth-order valence-corrected chi connectivity index (χ4v) is 1.88. The van der Waals surface area contributed by atoms with Gasteiger partial charge in [0.05, 0.1) is 11.1 Å². The molecule has 2 aromatic rings. The van der Waals surface area contributed by atoms with Gasteiger partial charge < -0.3 is 9.84 Å². The van der Waals surface area contributed by atoms with Gasteiger partial charge in [-0.05, 0) is 37.6 Å². The Hall–Kier alpha value is -1.51. The van der Waals surface area contributed by atoms with E-state index in [1.54, 1.807) is 13.0 Å². The first kappa shape index (κ1) is 12.9. The Morgan fingerprint density at radius 3 is 2.56 bits per heavy atom. The van der Waals surface area contributed by atoms with E-state index in [9.17, 15) is 5.11 Å². The van der Waals surface area contributed by atoms with E-state index in [1.807, 2.05) is 43.3 Å². The largest absolute Gasteiger partial charge is 0.455 e. The van der Waals surface area contributed by atoms with E-state index in [4.69, 9.17) is 16.3 Å². The lowest BCUT2D eigenvalue weighted by Gasteiger charge is -2.14. The molecule has 1 N–H and O–H groups in total. The number of para-hydroxylation sites is 1. The van der Waals surface area contributed by atoms with Crippen LogP contribution in [-0.2, 0) is 0 Å². The molecule has 0 amide bonds. The number of benzene rings is 2. The monoisotopic (exact) mass is 262 g/mol. The third-order valence-electron chi connectivity index (χ3n) is 2.68. The van der Waals surface area contributed by atoms with Crippen LogP contribution in [0.5, 0.6) is 11.5 Å². The van der Waals surface area contributed by atoms with Crippen LogP contribution in [0.4, 0.5) is 0 Å². The predicted octanol–water partition coefficient (Wildman–Crippen LogP) is 4.49. The zero-order chi connectivity index (χ0) is 13.1. The lowest BCUT2D eigenvalue weighted by molar-refractivity contribution is 0.195. The maximum atomic E-state index is 9.69. The fraction of sp³-hybridized carbons (Fsp3) is 0.200. The molecule has 94 valence electrons. The summed E-state index contributed by atoms with van der Waals surface area (Å²) < 4.78 is 5.79. The Labute approximate surface area is 112 Å². The van der Waals surface area contributed by atoms with Crippen molar-refractivity contribution in [2.24, 2.45) is 0 Å². The Bertz CT molecular complexity index is 550. The zero-order valence-electron chi connectivity index (χ0n) is 10.4. The van der Waals surface area contributed by atoms with Gasteiger partial charge in [0.15, 0.2) is 0 Å². The van der Waals surface area contributed by atoms with Crippen LogP contribution in [0.15, 0.2) is 42.5 Å². The Kier molecular flexibility index (Phi) is 3.90. The quantitative estimate of drug-likeness (QED) is 0.883. The van der Waals surface area contributed by atoms with E-state index >= 15 is 0 Å². The summed E-state index contributed by atoms with van der Waals surface area (Å²) in [4.78, 5) is 0. The minimum Gasteiger partial charge on any atom is -0.455 e. The lowest BCUT2D eigenvalue weighted by atomic mass is 10.1. The summed E-state index contributed by atoms with van der Waals surface area (Å²) in [5, 5.41) is 10.2. The summed E-state index contributed by atoms with van der Waals surface area (Å²) >= 11 is 6.09. The molecule has 2 nitrogen and oxygen atoms in total. The summed E-state index contributed by atoms with van der Waals surface area (Å²) in [5.74, 6) is 1.23. The maximum Gasteiger partial charge on any atom is 0.146 e. The van der Waals surface area contributed by atoms with Crippen molar-refractivity contribution >= 4 is 11.6 Å². The van der Waals surface area contributed by atoms with Gasteiger partial charge in [0.2, 0.25) is 0 Å². The molecule has 0 saturated carbocycles. The number of aliphatic hydroxyl groups excluding tert-OH is 1. The molecule has 0 bridgehead atoms. The summed E-state index contributed by atoms with van der Waals surface area (Å²) in [6, 6.07) is 13.0. The van der Waals surface area contributed by atoms with E-state index in [-0.39, 0.29) is 0 Å². The van der Waals surface area contributed by atoms with Gasteiger partial charge in [0.1, 0.15) is 11.5 Å². The van der Waals surface area contributed by atoms with Crippen molar-refractivity contribution in [2.45, 2.75) is 20.0 Å². The first-order valence-corrected chi connectivity index (χ1v) is 6.16. The van der Waals surface area contributed by atoms with Crippen molar-refractivity contribution < 1.29 is 9.84 Å². The molecule has 2 aromatic carbocycles. The van der Waals surface area contributed by atoms with Crippen molar-refractivity contribution in [3.63, 3.8) is 0 Å². The molecule has 1 atom stereocenters. The van der Waals surface area contributed by atoms with Crippen LogP contribution < -0.4 is 4.74 Å². The number of hydrogen-bond acceptors (Lipinski definition) is 2. The highest BCUT2D eigenvalue weighted by Crippen LogP contribution is 2.33. The second-order valence-corrected chi connectivity index (χ2v) is 4.66. The van der Waals surface area contributed by atoms with Crippen LogP contribution in [0.25, 0.3) is 0 Å². The number of aryl methyl sites for hydroxylation is 1. The average molecular weight is 263 g/mol. The summed E-state index contributed by atoms with van der Waals surface area (Å²) in [6.07, 6.45) is -0.579. The van der Waals surface area contributed by atoms with Crippen molar-refractivity contribution in [3.05, 3.63) is 58.6 Å². The first-order chi connectivity index (χ1) is 8.58. The molecule has 1 unspecified atom stereocenters. The van der Waals surface area contributed by atoms with Crippen LogP contribution in [0.3, 0.4) is 0 Å². The van der Waals surface area contributed by atoms with Gasteiger partial charge in [-0.3, -0.25) is 0 Å². The second kappa shape index (κ2) is 5.42. The summed E-state index contributed by atoms with van der Waals surface area (Å²) in [6.45, 7) is 3.68. The van der Waals surface area contributed by atoms with Gasteiger partial charge in [0, 0.05) is 5.56 Å². The van der Waals surface area contributed by atoms with Crippen LogP contribution in [0, 0.1) is 6.92 Å².